The molecule has 0 spiro atoms. The van der Waals surface area contributed by atoms with Gasteiger partial charge in [-0.05, 0) is 43.5 Å². The summed E-state index contributed by atoms with van der Waals surface area (Å²) in [6.45, 7) is 4.25. The highest BCUT2D eigenvalue weighted by Crippen LogP contribution is 2.33. The Morgan fingerprint density at radius 1 is 1.07 bits per heavy atom. The van der Waals surface area contributed by atoms with Crippen molar-refractivity contribution in [2.75, 3.05) is 6.54 Å². The van der Waals surface area contributed by atoms with Crippen molar-refractivity contribution in [3.63, 3.8) is 0 Å². The summed E-state index contributed by atoms with van der Waals surface area (Å²) in [6.07, 6.45) is -3.65. The molecule has 0 radical (unpaired) electrons. The van der Waals surface area contributed by atoms with Crippen molar-refractivity contribution >= 4 is 17.2 Å². The Morgan fingerprint density at radius 3 is 2.39 bits per heavy atom. The van der Waals surface area contributed by atoms with E-state index in [-0.39, 0.29) is 5.91 Å². The van der Waals surface area contributed by atoms with Crippen molar-refractivity contribution in [3.05, 3.63) is 75.8 Å². The molecule has 3 aromatic rings. The number of hydrogen-bond acceptors (Lipinski definition) is 3. The Hall–Kier alpha value is -2.67. The van der Waals surface area contributed by atoms with Gasteiger partial charge in [0.2, 0.25) is 0 Å². The second kappa shape index (κ2) is 8.14. The number of halogens is 3. The first-order valence-electron chi connectivity index (χ1n) is 8.73. The zero-order valence-corrected chi connectivity index (χ0v) is 16.2. The second-order valence-corrected chi connectivity index (χ2v) is 7.44. The van der Waals surface area contributed by atoms with Crippen molar-refractivity contribution < 1.29 is 18.0 Å². The Kier molecular flexibility index (Phi) is 5.84. The summed E-state index contributed by atoms with van der Waals surface area (Å²) in [5, 5.41) is 3.42. The number of carbonyl (C=O) groups is 1. The number of alkyl halides is 3. The van der Waals surface area contributed by atoms with Crippen LogP contribution in [0.15, 0.2) is 48.5 Å². The fourth-order valence-electron chi connectivity index (χ4n) is 2.81. The van der Waals surface area contributed by atoms with Crippen molar-refractivity contribution in [2.24, 2.45) is 0 Å². The highest BCUT2D eigenvalue weighted by atomic mass is 32.1. The van der Waals surface area contributed by atoms with Crippen LogP contribution in [0.2, 0.25) is 0 Å². The Balaban J connectivity index is 1.68. The quantitative estimate of drug-likeness (QED) is 0.617. The van der Waals surface area contributed by atoms with Gasteiger partial charge in [-0.15, -0.1) is 11.3 Å². The summed E-state index contributed by atoms with van der Waals surface area (Å²) in [6, 6.07) is 12.8. The molecule has 0 unspecified atom stereocenters. The predicted molar refractivity (Wildman–Crippen MR) is 105 cm³/mol. The van der Waals surface area contributed by atoms with Crippen LogP contribution in [0.3, 0.4) is 0 Å². The number of amides is 1. The number of thiazole rings is 1. The average Bonchev–Trinajstić information content (AvgIpc) is 3.04. The molecule has 1 amide bonds. The molecule has 0 aliphatic carbocycles. The molecular weight excluding hydrogens is 385 g/mol. The summed E-state index contributed by atoms with van der Waals surface area (Å²) in [4.78, 5) is 17.3. The van der Waals surface area contributed by atoms with E-state index >= 15 is 0 Å². The monoisotopic (exact) mass is 404 g/mol. The second-order valence-electron chi connectivity index (χ2n) is 6.44. The van der Waals surface area contributed by atoms with Gasteiger partial charge in [-0.3, -0.25) is 4.79 Å². The van der Waals surface area contributed by atoms with Crippen molar-refractivity contribution in [1.29, 1.82) is 0 Å². The largest absolute Gasteiger partial charge is 0.416 e. The van der Waals surface area contributed by atoms with Gasteiger partial charge in [-0.2, -0.15) is 13.2 Å². The number of nitrogens with one attached hydrogen (secondary N) is 1. The van der Waals surface area contributed by atoms with Crippen LogP contribution in [0.5, 0.6) is 0 Å². The first-order valence-corrected chi connectivity index (χ1v) is 9.55. The SMILES string of the molecule is Cc1ccccc1CCNC(=O)c1sc(-c2ccc(C(F)(F)F)cc2)nc1C. The molecule has 7 heteroatoms. The molecule has 0 saturated heterocycles. The van der Waals surface area contributed by atoms with Gasteiger partial charge in [0, 0.05) is 12.1 Å². The number of aromatic nitrogens is 1. The van der Waals surface area contributed by atoms with Crippen molar-refractivity contribution in [3.8, 4) is 10.6 Å². The lowest BCUT2D eigenvalue weighted by molar-refractivity contribution is -0.137. The van der Waals surface area contributed by atoms with Crippen LogP contribution in [-0.4, -0.2) is 17.4 Å². The van der Waals surface area contributed by atoms with E-state index in [9.17, 15) is 18.0 Å². The van der Waals surface area contributed by atoms with E-state index in [1.165, 1.54) is 34.6 Å². The maximum atomic E-state index is 12.7. The summed E-state index contributed by atoms with van der Waals surface area (Å²) in [5.41, 5.74) is 2.76. The molecule has 2 aromatic carbocycles. The van der Waals surface area contributed by atoms with Crippen molar-refractivity contribution in [2.45, 2.75) is 26.4 Å². The van der Waals surface area contributed by atoms with Crippen LogP contribution in [0.25, 0.3) is 10.6 Å². The first-order chi connectivity index (χ1) is 13.3. The van der Waals surface area contributed by atoms with Gasteiger partial charge >= 0.3 is 6.18 Å². The molecular formula is C21H19F3N2OS. The van der Waals surface area contributed by atoms with Crippen LogP contribution in [0, 0.1) is 13.8 Å². The van der Waals surface area contributed by atoms with E-state index in [0.29, 0.717) is 27.7 Å². The lowest BCUT2D eigenvalue weighted by Crippen LogP contribution is -2.25. The summed E-state index contributed by atoms with van der Waals surface area (Å²) in [7, 11) is 0. The van der Waals surface area contributed by atoms with Gasteiger partial charge in [0.1, 0.15) is 9.88 Å². The fourth-order valence-corrected chi connectivity index (χ4v) is 3.80. The van der Waals surface area contributed by atoms with Gasteiger partial charge < -0.3 is 5.32 Å². The number of nitrogens with zero attached hydrogens (tertiary/aromatic N) is 1. The minimum absolute atomic E-state index is 0.221. The summed E-state index contributed by atoms with van der Waals surface area (Å²) < 4.78 is 38.1. The molecule has 1 aromatic heterocycles. The number of rotatable bonds is 5. The van der Waals surface area contributed by atoms with E-state index < -0.39 is 11.7 Å². The Labute approximate surface area is 165 Å². The third-order valence-corrected chi connectivity index (χ3v) is 5.61. The van der Waals surface area contributed by atoms with Crippen LogP contribution in [-0.2, 0) is 12.6 Å². The summed E-state index contributed by atoms with van der Waals surface area (Å²) in [5.74, 6) is -0.221. The third kappa shape index (κ3) is 4.59. The van der Waals surface area contributed by atoms with Gasteiger partial charge in [0.05, 0.1) is 11.3 Å². The molecule has 0 saturated carbocycles. The highest BCUT2D eigenvalue weighted by Gasteiger charge is 2.30. The van der Waals surface area contributed by atoms with Crippen LogP contribution >= 0.6 is 11.3 Å². The maximum absolute atomic E-state index is 12.7. The maximum Gasteiger partial charge on any atom is 0.416 e. The zero-order chi connectivity index (χ0) is 20.3. The van der Waals surface area contributed by atoms with Gasteiger partial charge in [-0.25, -0.2) is 4.98 Å². The van der Waals surface area contributed by atoms with Crippen molar-refractivity contribution in [1.82, 2.24) is 10.3 Å². The van der Waals surface area contributed by atoms with Gasteiger partial charge in [0.25, 0.3) is 5.91 Å². The molecule has 3 nitrogen and oxygen atoms in total. The van der Waals surface area contributed by atoms with Crippen LogP contribution in [0.1, 0.15) is 32.1 Å². The third-order valence-electron chi connectivity index (χ3n) is 4.40. The molecule has 0 fully saturated rings. The van der Waals surface area contributed by atoms with Gasteiger partial charge in [-0.1, -0.05) is 36.4 Å². The zero-order valence-electron chi connectivity index (χ0n) is 15.4. The first kappa shape index (κ1) is 20.1. The smallest absolute Gasteiger partial charge is 0.351 e. The lowest BCUT2D eigenvalue weighted by atomic mass is 10.1. The molecule has 1 heterocycles. The number of hydrogen-bond donors (Lipinski definition) is 1. The average molecular weight is 404 g/mol. The molecule has 28 heavy (non-hydrogen) atoms. The molecule has 0 atom stereocenters. The number of benzene rings is 2. The van der Waals surface area contributed by atoms with E-state index in [1.54, 1.807) is 6.92 Å². The Bertz CT molecular complexity index is 978. The van der Waals surface area contributed by atoms with E-state index in [1.807, 2.05) is 31.2 Å². The Morgan fingerprint density at radius 2 is 1.75 bits per heavy atom. The number of aryl methyl sites for hydroxylation is 2. The highest BCUT2D eigenvalue weighted by molar-refractivity contribution is 7.17. The van der Waals surface area contributed by atoms with E-state index in [2.05, 4.69) is 10.3 Å². The van der Waals surface area contributed by atoms with Gasteiger partial charge in [0.15, 0.2) is 0 Å². The standard InChI is InChI=1S/C21H19F3N2OS/c1-13-5-3-4-6-15(13)11-12-25-19(27)18-14(2)26-20(28-18)16-7-9-17(10-8-16)21(22,23)24/h3-10H,11-12H2,1-2H3,(H,25,27). The van der Waals surface area contributed by atoms with E-state index in [4.69, 9.17) is 0 Å². The minimum atomic E-state index is -4.38. The molecule has 146 valence electrons. The fraction of sp³-hybridized carbons (Fsp3) is 0.238. The van der Waals surface area contributed by atoms with Crippen LogP contribution < -0.4 is 5.32 Å². The molecule has 0 aliphatic heterocycles. The molecule has 0 aliphatic rings. The minimum Gasteiger partial charge on any atom is -0.351 e. The van der Waals surface area contributed by atoms with Crippen LogP contribution in [0.4, 0.5) is 13.2 Å². The predicted octanol–water partition coefficient (Wildman–Crippen LogP) is 5.42. The lowest BCUT2D eigenvalue weighted by Gasteiger charge is -2.07. The number of carbonyl (C=O) groups excluding carboxylic acids is 1. The molecule has 3 rings (SSSR count). The normalized spacial score (nSPS) is 11.5. The molecule has 1 N–H and O–H groups in total. The molecule has 0 bridgehead atoms. The summed E-state index contributed by atoms with van der Waals surface area (Å²) >= 11 is 1.18. The topological polar surface area (TPSA) is 42.0 Å². The van der Waals surface area contributed by atoms with E-state index in [0.717, 1.165) is 18.6 Å².